The summed E-state index contributed by atoms with van der Waals surface area (Å²) in [7, 11) is 1.79. The Hall–Kier alpha value is -0.460. The summed E-state index contributed by atoms with van der Waals surface area (Å²) in [5.74, 6) is 2.83. The summed E-state index contributed by atoms with van der Waals surface area (Å²) in [6, 6.07) is 0. The van der Waals surface area contributed by atoms with Gasteiger partial charge in [-0.25, -0.2) is 0 Å². The van der Waals surface area contributed by atoms with Crippen LogP contribution in [0.1, 0.15) is 39.5 Å². The average molecular weight is 168 g/mol. The lowest BCUT2D eigenvalue weighted by molar-refractivity contribution is 0.197. The van der Waals surface area contributed by atoms with Gasteiger partial charge < -0.3 is 4.74 Å². The van der Waals surface area contributed by atoms with Crippen LogP contribution >= 0.6 is 0 Å². The molecular formula is C11H20O. The molecule has 0 aliphatic heterocycles. The maximum absolute atomic E-state index is 5.34. The number of methoxy groups -OCH3 is 1. The third-order valence-corrected chi connectivity index (χ3v) is 2.94. The molecule has 70 valence electrons. The average Bonchev–Trinajstić information content (AvgIpc) is 2.10. The van der Waals surface area contributed by atoms with E-state index in [0.717, 1.165) is 5.92 Å². The van der Waals surface area contributed by atoms with E-state index >= 15 is 0 Å². The molecule has 0 radical (unpaired) electrons. The van der Waals surface area contributed by atoms with Crippen molar-refractivity contribution in [2.45, 2.75) is 39.5 Å². The van der Waals surface area contributed by atoms with Gasteiger partial charge in [0.25, 0.3) is 0 Å². The smallest absolute Gasteiger partial charge is 0.0943 e. The second-order valence-corrected chi connectivity index (χ2v) is 3.85. The summed E-state index contributed by atoms with van der Waals surface area (Å²) < 4.78 is 5.34. The van der Waals surface area contributed by atoms with E-state index in [1.807, 2.05) is 0 Å². The van der Waals surface area contributed by atoms with Crippen LogP contribution in [0.25, 0.3) is 0 Å². The highest BCUT2D eigenvalue weighted by molar-refractivity contribution is 4.98. The minimum Gasteiger partial charge on any atom is -0.501 e. The van der Waals surface area contributed by atoms with Gasteiger partial charge in [0, 0.05) is 5.92 Å². The highest BCUT2D eigenvalue weighted by Crippen LogP contribution is 2.32. The molecule has 12 heavy (non-hydrogen) atoms. The zero-order chi connectivity index (χ0) is 8.97. The van der Waals surface area contributed by atoms with E-state index in [9.17, 15) is 0 Å². The predicted molar refractivity (Wildman–Crippen MR) is 51.9 cm³/mol. The van der Waals surface area contributed by atoms with Crippen molar-refractivity contribution in [3.8, 4) is 0 Å². The van der Waals surface area contributed by atoms with E-state index in [1.165, 1.54) is 31.4 Å². The molecule has 0 aromatic heterocycles. The van der Waals surface area contributed by atoms with Crippen LogP contribution in [0.4, 0.5) is 0 Å². The van der Waals surface area contributed by atoms with Gasteiger partial charge in [0.2, 0.25) is 0 Å². The van der Waals surface area contributed by atoms with Crippen LogP contribution in [0, 0.1) is 11.8 Å². The minimum atomic E-state index is 0.705. The summed E-state index contributed by atoms with van der Waals surface area (Å²) in [6.45, 7) is 4.41. The van der Waals surface area contributed by atoms with Gasteiger partial charge in [-0.15, -0.1) is 0 Å². The van der Waals surface area contributed by atoms with Crippen molar-refractivity contribution in [2.75, 3.05) is 7.11 Å². The third kappa shape index (κ3) is 2.26. The Morgan fingerprint density at radius 1 is 1.25 bits per heavy atom. The Morgan fingerprint density at radius 2 is 1.83 bits per heavy atom. The standard InChI is InChI=1S/C11H20O/c1-4-11(12-3)10-7-5-9(2)6-8-10/h4,9-10H,5-8H2,1-3H3/b11-4+. The molecule has 0 aromatic carbocycles. The summed E-state index contributed by atoms with van der Waals surface area (Å²) in [5.41, 5.74) is 0. The summed E-state index contributed by atoms with van der Waals surface area (Å²) in [4.78, 5) is 0. The molecule has 0 spiro atoms. The molecule has 1 saturated carbocycles. The molecule has 0 amide bonds. The first kappa shape index (κ1) is 9.63. The topological polar surface area (TPSA) is 9.23 Å². The van der Waals surface area contributed by atoms with Crippen molar-refractivity contribution < 1.29 is 4.74 Å². The Labute approximate surface area is 75.8 Å². The second kappa shape index (κ2) is 4.54. The van der Waals surface area contributed by atoms with Crippen molar-refractivity contribution in [2.24, 2.45) is 11.8 Å². The predicted octanol–water partition coefficient (Wildman–Crippen LogP) is 3.36. The lowest BCUT2D eigenvalue weighted by Crippen LogP contribution is -2.15. The zero-order valence-electron chi connectivity index (χ0n) is 8.47. The molecule has 0 heterocycles. The van der Waals surface area contributed by atoms with Crippen LogP contribution in [0.3, 0.4) is 0 Å². The van der Waals surface area contributed by atoms with Gasteiger partial charge in [-0.1, -0.05) is 19.8 Å². The molecule has 0 aromatic rings. The van der Waals surface area contributed by atoms with Crippen LogP contribution in [-0.4, -0.2) is 7.11 Å². The van der Waals surface area contributed by atoms with Crippen LogP contribution in [0.15, 0.2) is 11.8 Å². The van der Waals surface area contributed by atoms with Gasteiger partial charge in [-0.3, -0.25) is 0 Å². The van der Waals surface area contributed by atoms with E-state index in [-0.39, 0.29) is 0 Å². The first-order chi connectivity index (χ1) is 5.77. The fourth-order valence-electron chi connectivity index (χ4n) is 2.06. The van der Waals surface area contributed by atoms with Crippen molar-refractivity contribution in [3.63, 3.8) is 0 Å². The molecule has 0 atom stereocenters. The number of rotatable bonds is 2. The van der Waals surface area contributed by atoms with E-state index in [0.29, 0.717) is 5.92 Å². The SMILES string of the molecule is C/C=C(/OC)C1CCC(C)CC1. The number of ether oxygens (including phenoxy) is 1. The molecule has 0 unspecified atom stereocenters. The molecule has 0 bridgehead atoms. The Bertz CT molecular complexity index is 152. The van der Waals surface area contributed by atoms with Gasteiger partial charge in [-0.2, -0.15) is 0 Å². The highest BCUT2D eigenvalue weighted by Gasteiger charge is 2.21. The van der Waals surface area contributed by atoms with Crippen LogP contribution in [0.5, 0.6) is 0 Å². The molecule has 0 saturated heterocycles. The largest absolute Gasteiger partial charge is 0.501 e. The summed E-state index contributed by atoms with van der Waals surface area (Å²) >= 11 is 0. The summed E-state index contributed by atoms with van der Waals surface area (Å²) in [6.07, 6.45) is 7.47. The van der Waals surface area contributed by atoms with Crippen molar-refractivity contribution in [1.29, 1.82) is 0 Å². The zero-order valence-corrected chi connectivity index (χ0v) is 8.47. The monoisotopic (exact) mass is 168 g/mol. The van der Waals surface area contributed by atoms with Crippen molar-refractivity contribution >= 4 is 0 Å². The number of allylic oxidation sites excluding steroid dienone is 2. The number of hydrogen-bond acceptors (Lipinski definition) is 1. The maximum atomic E-state index is 5.34. The van der Waals surface area contributed by atoms with Crippen molar-refractivity contribution in [1.82, 2.24) is 0 Å². The first-order valence-electron chi connectivity index (χ1n) is 4.98. The summed E-state index contributed by atoms with van der Waals surface area (Å²) in [5, 5.41) is 0. The lowest BCUT2D eigenvalue weighted by Gasteiger charge is -2.27. The molecule has 1 rings (SSSR count). The van der Waals surface area contributed by atoms with Crippen molar-refractivity contribution in [3.05, 3.63) is 11.8 Å². The molecule has 1 heteroatoms. The molecule has 1 fully saturated rings. The Morgan fingerprint density at radius 3 is 2.25 bits per heavy atom. The van der Waals surface area contributed by atoms with Gasteiger partial charge in [0.15, 0.2) is 0 Å². The molecule has 1 aliphatic rings. The minimum absolute atomic E-state index is 0.705. The number of hydrogen-bond donors (Lipinski definition) is 0. The second-order valence-electron chi connectivity index (χ2n) is 3.85. The third-order valence-electron chi connectivity index (χ3n) is 2.94. The highest BCUT2D eigenvalue weighted by atomic mass is 16.5. The quantitative estimate of drug-likeness (QED) is 0.574. The van der Waals surface area contributed by atoms with Gasteiger partial charge in [0.1, 0.15) is 0 Å². The van der Waals surface area contributed by atoms with Crippen LogP contribution in [0.2, 0.25) is 0 Å². The normalized spacial score (nSPS) is 31.8. The molecule has 1 aliphatic carbocycles. The maximum Gasteiger partial charge on any atom is 0.0943 e. The van der Waals surface area contributed by atoms with Gasteiger partial charge in [-0.05, 0) is 31.8 Å². The van der Waals surface area contributed by atoms with Gasteiger partial charge in [0.05, 0.1) is 12.9 Å². The Kier molecular flexibility index (Phi) is 3.64. The van der Waals surface area contributed by atoms with E-state index in [4.69, 9.17) is 4.74 Å². The van der Waals surface area contributed by atoms with Crippen LogP contribution < -0.4 is 0 Å². The van der Waals surface area contributed by atoms with Gasteiger partial charge >= 0.3 is 0 Å². The Balaban J connectivity index is 2.43. The van der Waals surface area contributed by atoms with E-state index < -0.39 is 0 Å². The first-order valence-corrected chi connectivity index (χ1v) is 4.98. The van der Waals surface area contributed by atoms with E-state index in [2.05, 4.69) is 19.9 Å². The molecular weight excluding hydrogens is 148 g/mol. The lowest BCUT2D eigenvalue weighted by atomic mass is 9.82. The fourth-order valence-corrected chi connectivity index (χ4v) is 2.06. The fraction of sp³-hybridized carbons (Fsp3) is 0.818. The molecule has 1 nitrogen and oxygen atoms in total. The molecule has 0 N–H and O–H groups in total. The van der Waals surface area contributed by atoms with E-state index in [1.54, 1.807) is 7.11 Å². The van der Waals surface area contributed by atoms with Crippen LogP contribution in [-0.2, 0) is 4.74 Å².